The summed E-state index contributed by atoms with van der Waals surface area (Å²) in [4.78, 5) is 17.3. The summed E-state index contributed by atoms with van der Waals surface area (Å²) in [5.74, 6) is -5.48. The highest BCUT2D eigenvalue weighted by Crippen LogP contribution is 2.26. The highest BCUT2D eigenvalue weighted by molar-refractivity contribution is 5.95. The van der Waals surface area contributed by atoms with E-state index in [2.05, 4.69) is 10.3 Å². The van der Waals surface area contributed by atoms with E-state index in [1.807, 2.05) is 0 Å². The van der Waals surface area contributed by atoms with Gasteiger partial charge in [0.05, 0.1) is 17.3 Å². The van der Waals surface area contributed by atoms with Gasteiger partial charge in [-0.2, -0.15) is 0 Å². The predicted octanol–water partition coefficient (Wildman–Crippen LogP) is 4.35. The Morgan fingerprint density at radius 1 is 1.06 bits per heavy atom. The van der Waals surface area contributed by atoms with Gasteiger partial charge in [-0.3, -0.25) is 9.20 Å². The number of nitrogens with zero attached hydrogens (tertiary/aromatic N) is 2. The van der Waals surface area contributed by atoms with Crippen LogP contribution >= 0.6 is 0 Å². The molecule has 0 saturated carbocycles. The molecule has 1 amide bonds. The maximum atomic E-state index is 14.4. The van der Waals surface area contributed by atoms with Crippen LogP contribution in [0.2, 0.25) is 0 Å². The number of fused-ring (bicyclic) bond motifs is 1. The van der Waals surface area contributed by atoms with Crippen LogP contribution in [-0.4, -0.2) is 21.8 Å². The van der Waals surface area contributed by atoms with Crippen molar-refractivity contribution in [1.82, 2.24) is 14.7 Å². The first-order valence-electron chi connectivity index (χ1n) is 10.4. The number of nitrogens with one attached hydrogen (secondary N) is 1. The number of hydrogen-bond donors (Lipinski definition) is 2. The maximum absolute atomic E-state index is 14.4. The Hall–Kier alpha value is -3.99. The minimum Gasteiger partial charge on any atom is -0.485 e. The quantitative estimate of drug-likeness (QED) is 0.378. The monoisotopic (exact) mass is 490 g/mol. The lowest BCUT2D eigenvalue weighted by atomic mass is 10.1. The van der Waals surface area contributed by atoms with Crippen LogP contribution in [-0.2, 0) is 6.61 Å². The van der Waals surface area contributed by atoms with Crippen molar-refractivity contribution in [3.63, 3.8) is 0 Å². The molecule has 0 bridgehead atoms. The number of aromatic nitrogens is 2. The highest BCUT2D eigenvalue weighted by atomic mass is 19.2. The number of halogens is 5. The van der Waals surface area contributed by atoms with Gasteiger partial charge in [0, 0.05) is 18.8 Å². The molecule has 1 atom stereocenters. The predicted molar refractivity (Wildman–Crippen MR) is 116 cm³/mol. The molecule has 3 N–H and O–H groups in total. The molecule has 2 aromatic carbocycles. The minimum absolute atomic E-state index is 0.0305. The van der Waals surface area contributed by atoms with E-state index in [0.29, 0.717) is 0 Å². The average Bonchev–Trinajstić information content (AvgIpc) is 3.14. The van der Waals surface area contributed by atoms with Gasteiger partial charge in [-0.05, 0) is 36.8 Å². The normalized spacial score (nSPS) is 12.1. The molecule has 0 aliphatic heterocycles. The zero-order valence-corrected chi connectivity index (χ0v) is 18.3. The summed E-state index contributed by atoms with van der Waals surface area (Å²) in [5.41, 5.74) is 5.75. The van der Waals surface area contributed by atoms with Crippen LogP contribution < -0.4 is 15.8 Å². The van der Waals surface area contributed by atoms with Crippen LogP contribution in [0.3, 0.4) is 0 Å². The third kappa shape index (κ3) is 4.80. The van der Waals surface area contributed by atoms with Crippen LogP contribution in [0.15, 0.2) is 48.7 Å². The number of ether oxygens (including phenoxy) is 1. The maximum Gasteiger partial charge on any atom is 0.270 e. The molecule has 0 radical (unpaired) electrons. The van der Waals surface area contributed by atoms with E-state index in [-0.39, 0.29) is 40.5 Å². The lowest BCUT2D eigenvalue weighted by Gasteiger charge is -2.18. The molecule has 11 heteroatoms. The van der Waals surface area contributed by atoms with Gasteiger partial charge >= 0.3 is 0 Å². The van der Waals surface area contributed by atoms with Gasteiger partial charge < -0.3 is 15.8 Å². The second-order valence-electron chi connectivity index (χ2n) is 7.69. The zero-order chi connectivity index (χ0) is 25.3. The lowest BCUT2D eigenvalue weighted by Crippen LogP contribution is -2.34. The van der Waals surface area contributed by atoms with E-state index in [9.17, 15) is 26.7 Å². The van der Waals surface area contributed by atoms with Crippen molar-refractivity contribution in [1.29, 1.82) is 0 Å². The van der Waals surface area contributed by atoms with Crippen molar-refractivity contribution in [3.8, 4) is 5.75 Å². The van der Waals surface area contributed by atoms with Crippen molar-refractivity contribution in [2.75, 3.05) is 6.54 Å². The van der Waals surface area contributed by atoms with Crippen molar-refractivity contribution in [3.05, 3.63) is 100 Å². The Kier molecular flexibility index (Phi) is 6.70. The molecular weight excluding hydrogens is 471 g/mol. The van der Waals surface area contributed by atoms with Crippen molar-refractivity contribution in [2.24, 2.45) is 5.73 Å². The molecule has 35 heavy (non-hydrogen) atoms. The summed E-state index contributed by atoms with van der Waals surface area (Å²) < 4.78 is 75.8. The van der Waals surface area contributed by atoms with E-state index in [1.165, 1.54) is 19.1 Å². The Morgan fingerprint density at radius 2 is 1.77 bits per heavy atom. The molecule has 2 heterocycles. The first-order valence-corrected chi connectivity index (χ1v) is 10.4. The molecule has 6 nitrogen and oxygen atoms in total. The lowest BCUT2D eigenvalue weighted by molar-refractivity contribution is 0.0931. The third-order valence-electron chi connectivity index (χ3n) is 5.36. The zero-order valence-electron chi connectivity index (χ0n) is 18.3. The van der Waals surface area contributed by atoms with E-state index in [0.717, 1.165) is 40.9 Å². The number of amides is 1. The number of benzene rings is 2. The van der Waals surface area contributed by atoms with Crippen molar-refractivity contribution >= 4 is 11.6 Å². The fourth-order valence-corrected chi connectivity index (χ4v) is 3.63. The fraction of sp³-hybridized carbons (Fsp3) is 0.167. The fourth-order valence-electron chi connectivity index (χ4n) is 3.63. The van der Waals surface area contributed by atoms with E-state index < -0.39 is 47.6 Å². The molecule has 2 aromatic heterocycles. The molecule has 182 valence electrons. The van der Waals surface area contributed by atoms with Gasteiger partial charge in [-0.1, -0.05) is 12.1 Å². The first-order chi connectivity index (χ1) is 16.7. The number of aryl methyl sites for hydroxylation is 1. The minimum atomic E-state index is -1.10. The Balaban J connectivity index is 1.65. The summed E-state index contributed by atoms with van der Waals surface area (Å²) in [6, 6.07) is 6.54. The molecule has 0 aliphatic rings. The van der Waals surface area contributed by atoms with Gasteiger partial charge in [0.25, 0.3) is 5.91 Å². The number of carbonyl (C=O) groups is 1. The number of nitrogens with two attached hydrogens (primary N) is 1. The summed E-state index contributed by atoms with van der Waals surface area (Å²) >= 11 is 0. The van der Waals surface area contributed by atoms with Gasteiger partial charge in [-0.25, -0.2) is 26.9 Å². The summed E-state index contributed by atoms with van der Waals surface area (Å²) in [7, 11) is 0. The molecule has 0 fully saturated rings. The Bertz CT molecular complexity index is 1400. The van der Waals surface area contributed by atoms with Crippen LogP contribution in [0.5, 0.6) is 5.75 Å². The van der Waals surface area contributed by atoms with Crippen LogP contribution in [0.1, 0.15) is 33.4 Å². The number of pyridine rings is 1. The van der Waals surface area contributed by atoms with E-state index in [4.69, 9.17) is 10.5 Å². The van der Waals surface area contributed by atoms with Crippen LogP contribution in [0.25, 0.3) is 5.65 Å². The second kappa shape index (κ2) is 9.71. The number of rotatable bonds is 7. The third-order valence-corrected chi connectivity index (χ3v) is 5.36. The molecule has 4 rings (SSSR count). The Morgan fingerprint density at radius 3 is 2.43 bits per heavy atom. The van der Waals surface area contributed by atoms with Crippen molar-refractivity contribution < 1.29 is 31.5 Å². The second-order valence-corrected chi connectivity index (χ2v) is 7.69. The smallest absolute Gasteiger partial charge is 0.270 e. The van der Waals surface area contributed by atoms with Crippen LogP contribution in [0.4, 0.5) is 22.0 Å². The summed E-state index contributed by atoms with van der Waals surface area (Å²) in [6.07, 6.45) is 0.996. The number of carbonyl (C=O) groups excluding carboxylic acids is 1. The van der Waals surface area contributed by atoms with Gasteiger partial charge in [-0.15, -0.1) is 0 Å². The standard InChI is InChI=1S/C24H19F5N4O2/c1-12-22(24(34)32-20(9-30)13-5-6-18(28)19(29)7-13)33-10-14(25)8-21(23(33)31-12)35-11-15-16(26)3-2-4-17(15)27/h2-8,10,20H,9,11,30H2,1H3,(H,32,34). The molecule has 4 aromatic rings. The molecule has 0 saturated heterocycles. The van der Waals surface area contributed by atoms with Gasteiger partial charge in [0.1, 0.15) is 29.8 Å². The van der Waals surface area contributed by atoms with Crippen LogP contribution in [0, 0.1) is 36.0 Å². The highest BCUT2D eigenvalue weighted by Gasteiger charge is 2.23. The number of imidazole rings is 1. The van der Waals surface area contributed by atoms with Gasteiger partial charge in [0.2, 0.25) is 0 Å². The molecule has 1 unspecified atom stereocenters. The molecule has 0 aliphatic carbocycles. The summed E-state index contributed by atoms with van der Waals surface area (Å²) in [5, 5.41) is 2.60. The Labute approximate surface area is 196 Å². The van der Waals surface area contributed by atoms with Crippen molar-refractivity contribution in [2.45, 2.75) is 19.6 Å². The van der Waals surface area contributed by atoms with E-state index >= 15 is 0 Å². The summed E-state index contributed by atoms with van der Waals surface area (Å²) in [6.45, 7) is 0.815. The average molecular weight is 490 g/mol. The number of hydrogen-bond acceptors (Lipinski definition) is 4. The molecular formula is C24H19F5N4O2. The molecule has 0 spiro atoms. The first kappa shape index (κ1) is 24.1. The van der Waals surface area contributed by atoms with Gasteiger partial charge in [0.15, 0.2) is 23.0 Å². The topological polar surface area (TPSA) is 81.7 Å². The SMILES string of the molecule is Cc1nc2c(OCc3c(F)cccc3F)cc(F)cn2c1C(=O)NC(CN)c1ccc(F)c(F)c1. The van der Waals surface area contributed by atoms with E-state index in [1.54, 1.807) is 0 Å². The largest absolute Gasteiger partial charge is 0.485 e.